The molecule has 1 fully saturated rings. The van der Waals surface area contributed by atoms with E-state index in [1.165, 1.54) is 13.1 Å². The summed E-state index contributed by atoms with van der Waals surface area (Å²) in [5.74, 6) is 1.47. The van der Waals surface area contributed by atoms with Crippen molar-refractivity contribution in [1.82, 2.24) is 4.90 Å². The number of methoxy groups -OCH3 is 1. The maximum Gasteiger partial charge on any atom is 0.0735 e. The van der Waals surface area contributed by atoms with Gasteiger partial charge in [-0.25, -0.2) is 0 Å². The van der Waals surface area contributed by atoms with Gasteiger partial charge in [0.1, 0.15) is 0 Å². The molecule has 0 unspecified atom stereocenters. The standard InChI is InChI=1S/C10H21NO/c1-8(2)5-11-6-9(3)10(7-11)12-4/h8-10H,5-7H2,1-4H3/t9-,10+/m0/s1. The lowest BCUT2D eigenvalue weighted by Gasteiger charge is -2.17. The third-order valence-electron chi connectivity index (χ3n) is 2.55. The normalized spacial score (nSPS) is 31.8. The second-order valence-corrected chi connectivity index (χ2v) is 4.36. The molecule has 0 aromatic rings. The topological polar surface area (TPSA) is 12.5 Å². The number of hydrogen-bond donors (Lipinski definition) is 0. The SMILES string of the molecule is CO[C@@H]1CN(CC(C)C)C[C@@H]1C. The summed E-state index contributed by atoms with van der Waals surface area (Å²) in [6, 6.07) is 0. The van der Waals surface area contributed by atoms with Crippen LogP contribution >= 0.6 is 0 Å². The summed E-state index contributed by atoms with van der Waals surface area (Å²) >= 11 is 0. The van der Waals surface area contributed by atoms with Crippen molar-refractivity contribution in [2.75, 3.05) is 26.7 Å². The van der Waals surface area contributed by atoms with Gasteiger partial charge in [-0.2, -0.15) is 0 Å². The van der Waals surface area contributed by atoms with Gasteiger partial charge in [0.25, 0.3) is 0 Å². The molecule has 2 nitrogen and oxygen atoms in total. The van der Waals surface area contributed by atoms with E-state index in [4.69, 9.17) is 4.74 Å². The summed E-state index contributed by atoms with van der Waals surface area (Å²) in [4.78, 5) is 2.50. The van der Waals surface area contributed by atoms with Crippen LogP contribution in [0.5, 0.6) is 0 Å². The van der Waals surface area contributed by atoms with Crippen molar-refractivity contribution in [3.05, 3.63) is 0 Å². The van der Waals surface area contributed by atoms with Crippen LogP contribution in [0.2, 0.25) is 0 Å². The number of nitrogens with zero attached hydrogens (tertiary/aromatic N) is 1. The van der Waals surface area contributed by atoms with Crippen LogP contribution < -0.4 is 0 Å². The van der Waals surface area contributed by atoms with Crippen molar-refractivity contribution in [2.24, 2.45) is 11.8 Å². The van der Waals surface area contributed by atoms with Crippen molar-refractivity contribution >= 4 is 0 Å². The zero-order chi connectivity index (χ0) is 9.14. The summed E-state index contributed by atoms with van der Waals surface area (Å²) in [5, 5.41) is 0. The van der Waals surface area contributed by atoms with Crippen LogP contribution in [0.25, 0.3) is 0 Å². The van der Waals surface area contributed by atoms with E-state index in [1.54, 1.807) is 0 Å². The summed E-state index contributed by atoms with van der Waals surface area (Å²) in [6.07, 6.45) is 0.462. The summed E-state index contributed by atoms with van der Waals surface area (Å²) in [5.41, 5.74) is 0. The largest absolute Gasteiger partial charge is 0.380 e. The lowest BCUT2D eigenvalue weighted by molar-refractivity contribution is 0.0830. The molecule has 1 heterocycles. The number of rotatable bonds is 3. The van der Waals surface area contributed by atoms with Crippen LogP contribution in [0.4, 0.5) is 0 Å². The van der Waals surface area contributed by atoms with E-state index >= 15 is 0 Å². The van der Waals surface area contributed by atoms with E-state index in [9.17, 15) is 0 Å². The van der Waals surface area contributed by atoms with Crippen LogP contribution in [-0.2, 0) is 4.74 Å². The fourth-order valence-electron chi connectivity index (χ4n) is 2.01. The van der Waals surface area contributed by atoms with Crippen molar-refractivity contribution in [2.45, 2.75) is 26.9 Å². The fourth-order valence-corrected chi connectivity index (χ4v) is 2.01. The Kier molecular flexibility index (Phi) is 3.53. The summed E-state index contributed by atoms with van der Waals surface area (Å²) in [6.45, 7) is 10.3. The van der Waals surface area contributed by atoms with Gasteiger partial charge in [-0.3, -0.25) is 0 Å². The molecule has 0 bridgehead atoms. The first-order valence-electron chi connectivity index (χ1n) is 4.88. The molecule has 0 aliphatic carbocycles. The van der Waals surface area contributed by atoms with Crippen LogP contribution in [-0.4, -0.2) is 37.7 Å². The highest BCUT2D eigenvalue weighted by Gasteiger charge is 2.29. The van der Waals surface area contributed by atoms with Gasteiger partial charge in [0.15, 0.2) is 0 Å². The predicted molar refractivity (Wildman–Crippen MR) is 51.2 cm³/mol. The van der Waals surface area contributed by atoms with Crippen LogP contribution in [0.3, 0.4) is 0 Å². The molecule has 0 radical (unpaired) electrons. The Morgan fingerprint density at radius 2 is 2.08 bits per heavy atom. The van der Waals surface area contributed by atoms with Gasteiger partial charge in [0.05, 0.1) is 6.10 Å². The van der Waals surface area contributed by atoms with Gasteiger partial charge < -0.3 is 9.64 Å². The quantitative estimate of drug-likeness (QED) is 0.639. The van der Waals surface area contributed by atoms with Gasteiger partial charge in [-0.15, -0.1) is 0 Å². The van der Waals surface area contributed by atoms with Gasteiger partial charge in [-0.05, 0) is 11.8 Å². The van der Waals surface area contributed by atoms with Crippen molar-refractivity contribution < 1.29 is 4.74 Å². The second kappa shape index (κ2) is 4.24. The predicted octanol–water partition coefficient (Wildman–Crippen LogP) is 1.61. The van der Waals surface area contributed by atoms with Crippen LogP contribution in [0.15, 0.2) is 0 Å². The monoisotopic (exact) mass is 171 g/mol. The molecule has 1 aliphatic heterocycles. The maximum absolute atomic E-state index is 5.39. The molecule has 2 heteroatoms. The average molecular weight is 171 g/mol. The molecule has 1 aliphatic rings. The number of ether oxygens (including phenoxy) is 1. The van der Waals surface area contributed by atoms with Crippen molar-refractivity contribution in [1.29, 1.82) is 0 Å². The highest BCUT2D eigenvalue weighted by molar-refractivity contribution is 4.82. The van der Waals surface area contributed by atoms with Gasteiger partial charge in [0, 0.05) is 26.7 Å². The molecule has 0 N–H and O–H groups in total. The van der Waals surface area contributed by atoms with Crippen molar-refractivity contribution in [3.8, 4) is 0 Å². The Balaban J connectivity index is 2.33. The van der Waals surface area contributed by atoms with E-state index in [1.807, 2.05) is 7.11 Å². The molecule has 0 spiro atoms. The van der Waals surface area contributed by atoms with Crippen LogP contribution in [0, 0.1) is 11.8 Å². The first kappa shape index (κ1) is 10.0. The molecule has 2 atom stereocenters. The molecule has 12 heavy (non-hydrogen) atoms. The van der Waals surface area contributed by atoms with E-state index in [0.29, 0.717) is 12.0 Å². The van der Waals surface area contributed by atoms with Crippen molar-refractivity contribution in [3.63, 3.8) is 0 Å². The molecule has 72 valence electrons. The smallest absolute Gasteiger partial charge is 0.0735 e. The number of likely N-dealkylation sites (tertiary alicyclic amines) is 1. The maximum atomic E-state index is 5.39. The molecule has 1 saturated heterocycles. The van der Waals surface area contributed by atoms with Gasteiger partial charge >= 0.3 is 0 Å². The minimum absolute atomic E-state index is 0.462. The lowest BCUT2D eigenvalue weighted by atomic mass is 10.1. The summed E-state index contributed by atoms with van der Waals surface area (Å²) < 4.78 is 5.39. The minimum atomic E-state index is 0.462. The number of hydrogen-bond acceptors (Lipinski definition) is 2. The fraction of sp³-hybridized carbons (Fsp3) is 1.00. The highest BCUT2D eigenvalue weighted by Crippen LogP contribution is 2.19. The lowest BCUT2D eigenvalue weighted by Crippen LogP contribution is -2.26. The minimum Gasteiger partial charge on any atom is -0.380 e. The molecular weight excluding hydrogens is 150 g/mol. The molecule has 0 saturated carbocycles. The Morgan fingerprint density at radius 1 is 1.42 bits per heavy atom. The Hall–Kier alpha value is -0.0800. The highest BCUT2D eigenvalue weighted by atomic mass is 16.5. The first-order chi connectivity index (χ1) is 5.63. The average Bonchev–Trinajstić information content (AvgIpc) is 2.29. The van der Waals surface area contributed by atoms with E-state index in [2.05, 4.69) is 25.7 Å². The molecule has 0 amide bonds. The zero-order valence-corrected chi connectivity index (χ0v) is 8.71. The Morgan fingerprint density at radius 3 is 2.50 bits per heavy atom. The second-order valence-electron chi connectivity index (χ2n) is 4.36. The van der Waals surface area contributed by atoms with Crippen LogP contribution in [0.1, 0.15) is 20.8 Å². The van der Waals surface area contributed by atoms with E-state index in [-0.39, 0.29) is 0 Å². The van der Waals surface area contributed by atoms with E-state index < -0.39 is 0 Å². The molecular formula is C10H21NO. The van der Waals surface area contributed by atoms with Gasteiger partial charge in [0.2, 0.25) is 0 Å². The Bertz CT molecular complexity index is 136. The molecule has 0 aromatic carbocycles. The third kappa shape index (κ3) is 2.46. The zero-order valence-electron chi connectivity index (χ0n) is 8.71. The van der Waals surface area contributed by atoms with E-state index in [0.717, 1.165) is 12.5 Å². The first-order valence-corrected chi connectivity index (χ1v) is 4.88. The molecule has 0 aromatic heterocycles. The molecule has 1 rings (SSSR count). The van der Waals surface area contributed by atoms with Gasteiger partial charge in [-0.1, -0.05) is 20.8 Å². The third-order valence-corrected chi connectivity index (χ3v) is 2.55. The summed E-state index contributed by atoms with van der Waals surface area (Å²) in [7, 11) is 1.82. The Labute approximate surface area is 75.9 Å².